The number of Topliss-reactive ketones (excluding diaryl/α,β-unsaturated/α-hetero) is 1. The van der Waals surface area contributed by atoms with E-state index in [1.54, 1.807) is 0 Å². The zero-order chi connectivity index (χ0) is 19.5. The number of nitrogens with one attached hydrogen (secondary N) is 1. The van der Waals surface area contributed by atoms with Gasteiger partial charge in [-0.3, -0.25) is 14.4 Å². The topological polar surface area (TPSA) is 92.7 Å². The molecule has 2 rings (SSSR count). The maximum atomic E-state index is 12.3. The van der Waals surface area contributed by atoms with Crippen LogP contribution in [-0.4, -0.2) is 34.9 Å². The molecule has 0 unspecified atom stereocenters. The summed E-state index contributed by atoms with van der Waals surface area (Å²) in [5.74, 6) is -1.80. The van der Waals surface area contributed by atoms with Crippen molar-refractivity contribution in [2.45, 2.75) is 38.2 Å². The van der Waals surface area contributed by atoms with Crippen molar-refractivity contribution in [3.05, 3.63) is 39.9 Å². The molecule has 1 amide bonds. The third kappa shape index (κ3) is 4.02. The molecule has 1 aliphatic carbocycles. The van der Waals surface area contributed by atoms with E-state index in [4.69, 9.17) is 33.0 Å². The Balaban J connectivity index is 2.25. The van der Waals surface area contributed by atoms with Crippen LogP contribution in [0.4, 0.5) is 0 Å². The van der Waals surface area contributed by atoms with Crippen LogP contribution in [0.25, 0.3) is 0 Å². The fourth-order valence-electron chi connectivity index (χ4n) is 2.54. The first-order valence-corrected chi connectivity index (χ1v) is 8.87. The van der Waals surface area contributed by atoms with E-state index >= 15 is 0 Å². The molecule has 0 spiro atoms. The minimum atomic E-state index is -1.18. The summed E-state index contributed by atoms with van der Waals surface area (Å²) in [5.41, 5.74) is -0.560. The van der Waals surface area contributed by atoms with Crippen molar-refractivity contribution in [3.8, 4) is 5.75 Å². The zero-order valence-corrected chi connectivity index (χ0v) is 15.7. The lowest BCUT2D eigenvalue weighted by Crippen LogP contribution is -2.56. The molecule has 1 fully saturated rings. The van der Waals surface area contributed by atoms with Crippen LogP contribution in [0, 0.1) is 0 Å². The van der Waals surface area contributed by atoms with Gasteiger partial charge < -0.3 is 15.2 Å². The summed E-state index contributed by atoms with van der Waals surface area (Å²) in [7, 11) is 0. The van der Waals surface area contributed by atoms with E-state index in [1.165, 1.54) is 12.1 Å². The van der Waals surface area contributed by atoms with E-state index in [0.717, 1.165) is 6.42 Å². The van der Waals surface area contributed by atoms with Gasteiger partial charge in [-0.15, -0.1) is 0 Å². The Labute approximate surface area is 161 Å². The molecule has 6 nitrogen and oxygen atoms in total. The molecule has 2 N–H and O–H groups in total. The average molecular weight is 400 g/mol. The van der Waals surface area contributed by atoms with Crippen molar-refractivity contribution in [2.24, 2.45) is 0 Å². The van der Waals surface area contributed by atoms with Gasteiger partial charge in [0.1, 0.15) is 17.3 Å². The van der Waals surface area contributed by atoms with Gasteiger partial charge in [0, 0.05) is 5.56 Å². The minimum absolute atomic E-state index is 0.0266. The third-order valence-corrected chi connectivity index (χ3v) is 5.18. The number of ether oxygens (including phenoxy) is 1. The number of carbonyl (C=O) groups is 3. The summed E-state index contributed by atoms with van der Waals surface area (Å²) in [6, 6.07) is 2.96. The number of carbonyl (C=O) groups excluding carboxylic acids is 2. The second kappa shape index (κ2) is 8.10. The zero-order valence-electron chi connectivity index (χ0n) is 14.2. The molecule has 0 aromatic heterocycles. The van der Waals surface area contributed by atoms with Crippen LogP contribution in [0.3, 0.4) is 0 Å². The molecule has 26 heavy (non-hydrogen) atoms. The Morgan fingerprint density at radius 2 is 1.92 bits per heavy atom. The molecule has 0 saturated heterocycles. The minimum Gasteiger partial charge on any atom is -0.480 e. The molecule has 140 valence electrons. The number of rotatable bonds is 8. The lowest BCUT2D eigenvalue weighted by Gasteiger charge is -2.40. The van der Waals surface area contributed by atoms with Gasteiger partial charge in [0.25, 0.3) is 5.91 Å². The second-order valence-electron chi connectivity index (χ2n) is 6.05. The SMILES string of the molecule is C=C(CC)C(=O)c1ccc(OC2(C(=O)NCC(=O)O)CCC2)c(Cl)c1Cl. The van der Waals surface area contributed by atoms with Gasteiger partial charge in [-0.2, -0.15) is 0 Å². The third-order valence-electron chi connectivity index (χ3n) is 4.32. The molecule has 0 atom stereocenters. The van der Waals surface area contributed by atoms with Crippen LogP contribution in [0.5, 0.6) is 5.75 Å². The van der Waals surface area contributed by atoms with Crippen LogP contribution in [0.1, 0.15) is 43.0 Å². The summed E-state index contributed by atoms with van der Waals surface area (Å²) in [5, 5.41) is 11.1. The van der Waals surface area contributed by atoms with Crippen LogP contribution >= 0.6 is 23.2 Å². The van der Waals surface area contributed by atoms with Gasteiger partial charge >= 0.3 is 5.97 Å². The van der Waals surface area contributed by atoms with E-state index in [9.17, 15) is 14.4 Å². The van der Waals surface area contributed by atoms with E-state index in [1.807, 2.05) is 6.92 Å². The van der Waals surface area contributed by atoms with Crippen LogP contribution < -0.4 is 10.1 Å². The Kier molecular flexibility index (Phi) is 6.31. The number of allylic oxidation sites excluding steroid dienone is 1. The largest absolute Gasteiger partial charge is 0.480 e. The predicted octanol–water partition coefficient (Wildman–Crippen LogP) is 3.64. The number of ketones is 1. The first kappa shape index (κ1) is 20.3. The van der Waals surface area contributed by atoms with Gasteiger partial charge in [0.15, 0.2) is 11.4 Å². The van der Waals surface area contributed by atoms with E-state index in [2.05, 4.69) is 11.9 Å². The highest BCUT2D eigenvalue weighted by atomic mass is 35.5. The van der Waals surface area contributed by atoms with Crippen molar-refractivity contribution in [3.63, 3.8) is 0 Å². The molecule has 0 aliphatic heterocycles. The highest BCUT2D eigenvalue weighted by molar-refractivity contribution is 6.45. The Bertz CT molecular complexity index is 771. The Hall–Kier alpha value is -2.05. The van der Waals surface area contributed by atoms with Crippen molar-refractivity contribution in [2.75, 3.05) is 6.54 Å². The molecule has 1 aromatic carbocycles. The monoisotopic (exact) mass is 399 g/mol. The lowest BCUT2D eigenvalue weighted by molar-refractivity contribution is -0.147. The van der Waals surface area contributed by atoms with Crippen LogP contribution in [-0.2, 0) is 9.59 Å². The molecule has 1 saturated carbocycles. The molecule has 0 radical (unpaired) electrons. The normalized spacial score (nSPS) is 14.9. The number of halogens is 2. The quantitative estimate of drug-likeness (QED) is 0.513. The van der Waals surface area contributed by atoms with Crippen molar-refractivity contribution in [1.29, 1.82) is 0 Å². The summed E-state index contributed by atoms with van der Waals surface area (Å²) in [6.45, 7) is 5.01. The fourth-order valence-corrected chi connectivity index (χ4v) is 2.98. The van der Waals surface area contributed by atoms with E-state index < -0.39 is 24.0 Å². The number of carboxylic acid groups (broad SMARTS) is 1. The molecule has 1 aliphatic rings. The fraction of sp³-hybridized carbons (Fsp3) is 0.389. The number of hydrogen-bond donors (Lipinski definition) is 2. The lowest BCUT2D eigenvalue weighted by atomic mass is 9.79. The molecule has 0 heterocycles. The number of amides is 1. The first-order chi connectivity index (χ1) is 12.2. The number of aliphatic carboxylic acids is 1. The van der Waals surface area contributed by atoms with Crippen molar-refractivity contribution in [1.82, 2.24) is 5.32 Å². The molecule has 8 heteroatoms. The number of benzene rings is 1. The van der Waals surface area contributed by atoms with Gasteiger partial charge in [0.05, 0.1) is 5.02 Å². The summed E-state index contributed by atoms with van der Waals surface area (Å²) < 4.78 is 5.81. The number of carboxylic acids is 1. The van der Waals surface area contributed by atoms with E-state index in [-0.39, 0.29) is 27.1 Å². The smallest absolute Gasteiger partial charge is 0.322 e. The molecule has 1 aromatic rings. The van der Waals surface area contributed by atoms with Crippen molar-refractivity contribution >= 4 is 40.9 Å². The summed E-state index contributed by atoms with van der Waals surface area (Å²) >= 11 is 12.5. The molecular weight excluding hydrogens is 381 g/mol. The highest BCUT2D eigenvalue weighted by Gasteiger charge is 2.47. The van der Waals surface area contributed by atoms with Crippen LogP contribution in [0.2, 0.25) is 10.0 Å². The standard InChI is InChI=1S/C18H19Cl2NO5/c1-3-10(2)16(24)11-5-6-12(15(20)14(11)19)26-18(7-4-8-18)17(25)21-9-13(22)23/h5-6H,2-4,7-9H2,1H3,(H,21,25)(H,22,23). The highest BCUT2D eigenvalue weighted by Crippen LogP contribution is 2.42. The maximum Gasteiger partial charge on any atom is 0.322 e. The Morgan fingerprint density at radius 3 is 2.42 bits per heavy atom. The molecule has 0 bridgehead atoms. The van der Waals surface area contributed by atoms with Crippen molar-refractivity contribution < 1.29 is 24.2 Å². The van der Waals surface area contributed by atoms with Gasteiger partial charge in [-0.1, -0.05) is 36.7 Å². The van der Waals surface area contributed by atoms with Gasteiger partial charge in [-0.05, 0) is 43.4 Å². The summed E-state index contributed by atoms with van der Waals surface area (Å²) in [6.07, 6.45) is 2.11. The van der Waals surface area contributed by atoms with Gasteiger partial charge in [0.2, 0.25) is 0 Å². The Morgan fingerprint density at radius 1 is 1.27 bits per heavy atom. The summed E-state index contributed by atoms with van der Waals surface area (Å²) in [4.78, 5) is 35.2. The maximum absolute atomic E-state index is 12.3. The average Bonchev–Trinajstić information content (AvgIpc) is 2.58. The first-order valence-electron chi connectivity index (χ1n) is 8.11. The predicted molar refractivity (Wildman–Crippen MR) is 98.1 cm³/mol. The van der Waals surface area contributed by atoms with Gasteiger partial charge in [-0.25, -0.2) is 0 Å². The molecular formula is C18H19Cl2NO5. The number of hydrogen-bond acceptors (Lipinski definition) is 4. The van der Waals surface area contributed by atoms with E-state index in [0.29, 0.717) is 24.8 Å². The second-order valence-corrected chi connectivity index (χ2v) is 6.81. The van der Waals surface area contributed by atoms with Crippen LogP contribution in [0.15, 0.2) is 24.3 Å².